The standard InChI is InChI=1S/C20H21N3O2/c1-4-25-19-11-15(7-8-21-19)12-22-20(24)17-10-14(3)23-18-6-5-13(2)9-16(17)18/h5-11H,4,12H2,1-3H3,(H,22,24). The van der Waals surface area contributed by atoms with Crippen LogP contribution in [0.5, 0.6) is 5.88 Å². The molecule has 1 N–H and O–H groups in total. The summed E-state index contributed by atoms with van der Waals surface area (Å²) in [4.78, 5) is 21.4. The summed E-state index contributed by atoms with van der Waals surface area (Å²) in [6.07, 6.45) is 1.68. The summed E-state index contributed by atoms with van der Waals surface area (Å²) in [6, 6.07) is 11.5. The van der Waals surface area contributed by atoms with Crippen LogP contribution in [0.15, 0.2) is 42.6 Å². The minimum absolute atomic E-state index is 0.115. The lowest BCUT2D eigenvalue weighted by Gasteiger charge is -2.10. The third-order valence-electron chi connectivity index (χ3n) is 3.88. The third-order valence-corrected chi connectivity index (χ3v) is 3.88. The predicted octanol–water partition coefficient (Wildman–Crippen LogP) is 3.58. The van der Waals surface area contributed by atoms with Crippen molar-refractivity contribution < 1.29 is 9.53 Å². The minimum atomic E-state index is -0.115. The number of ether oxygens (including phenoxy) is 1. The summed E-state index contributed by atoms with van der Waals surface area (Å²) in [5.74, 6) is 0.450. The van der Waals surface area contributed by atoms with E-state index in [0.717, 1.165) is 27.7 Å². The normalized spacial score (nSPS) is 10.7. The summed E-state index contributed by atoms with van der Waals surface area (Å²) in [6.45, 7) is 6.79. The van der Waals surface area contributed by atoms with E-state index in [1.807, 2.05) is 57.2 Å². The van der Waals surface area contributed by atoms with Gasteiger partial charge in [0.25, 0.3) is 5.91 Å². The van der Waals surface area contributed by atoms with Gasteiger partial charge in [0, 0.05) is 29.9 Å². The number of aromatic nitrogens is 2. The van der Waals surface area contributed by atoms with Crippen molar-refractivity contribution in [2.45, 2.75) is 27.3 Å². The van der Waals surface area contributed by atoms with Crippen molar-refractivity contribution in [3.05, 3.63) is 65.0 Å². The molecule has 0 spiro atoms. The van der Waals surface area contributed by atoms with Crippen molar-refractivity contribution in [1.29, 1.82) is 0 Å². The molecule has 0 aliphatic carbocycles. The molecule has 25 heavy (non-hydrogen) atoms. The van der Waals surface area contributed by atoms with Crippen molar-refractivity contribution in [3.63, 3.8) is 0 Å². The first kappa shape index (κ1) is 16.9. The summed E-state index contributed by atoms with van der Waals surface area (Å²) >= 11 is 0. The Morgan fingerprint density at radius 3 is 2.80 bits per heavy atom. The summed E-state index contributed by atoms with van der Waals surface area (Å²) < 4.78 is 5.39. The Labute approximate surface area is 147 Å². The zero-order valence-corrected chi connectivity index (χ0v) is 14.7. The van der Waals surface area contributed by atoms with Gasteiger partial charge in [0.15, 0.2) is 0 Å². The number of carbonyl (C=O) groups excluding carboxylic acids is 1. The van der Waals surface area contributed by atoms with Crippen molar-refractivity contribution in [2.75, 3.05) is 6.61 Å². The first-order valence-corrected chi connectivity index (χ1v) is 8.30. The number of amides is 1. The predicted molar refractivity (Wildman–Crippen MR) is 97.8 cm³/mol. The molecule has 0 unspecified atom stereocenters. The number of aryl methyl sites for hydroxylation is 2. The van der Waals surface area contributed by atoms with Crippen LogP contribution in [0.25, 0.3) is 10.9 Å². The Morgan fingerprint density at radius 1 is 1.16 bits per heavy atom. The fraction of sp³-hybridized carbons (Fsp3) is 0.250. The number of fused-ring (bicyclic) bond motifs is 1. The lowest BCUT2D eigenvalue weighted by atomic mass is 10.0. The Balaban J connectivity index is 1.83. The lowest BCUT2D eigenvalue weighted by Crippen LogP contribution is -2.23. The van der Waals surface area contributed by atoms with E-state index in [2.05, 4.69) is 15.3 Å². The van der Waals surface area contributed by atoms with Crippen LogP contribution in [0.1, 0.15) is 34.1 Å². The van der Waals surface area contributed by atoms with Crippen LogP contribution in [0.4, 0.5) is 0 Å². The van der Waals surface area contributed by atoms with E-state index in [0.29, 0.717) is 24.6 Å². The van der Waals surface area contributed by atoms with E-state index in [1.165, 1.54) is 0 Å². The fourth-order valence-electron chi connectivity index (χ4n) is 2.72. The van der Waals surface area contributed by atoms with E-state index in [9.17, 15) is 4.79 Å². The van der Waals surface area contributed by atoms with Crippen LogP contribution in [0.3, 0.4) is 0 Å². The molecule has 5 heteroatoms. The average molecular weight is 335 g/mol. The molecule has 3 aromatic rings. The molecule has 1 aromatic carbocycles. The monoisotopic (exact) mass is 335 g/mol. The van der Waals surface area contributed by atoms with Gasteiger partial charge in [0.2, 0.25) is 5.88 Å². The van der Waals surface area contributed by atoms with Gasteiger partial charge in [-0.1, -0.05) is 11.6 Å². The van der Waals surface area contributed by atoms with Crippen molar-refractivity contribution in [2.24, 2.45) is 0 Å². The van der Waals surface area contributed by atoms with Gasteiger partial charge in [-0.25, -0.2) is 4.98 Å². The van der Waals surface area contributed by atoms with E-state index in [1.54, 1.807) is 6.20 Å². The second-order valence-electron chi connectivity index (χ2n) is 5.95. The number of hydrogen-bond donors (Lipinski definition) is 1. The van der Waals surface area contributed by atoms with E-state index in [-0.39, 0.29) is 5.91 Å². The summed E-state index contributed by atoms with van der Waals surface area (Å²) in [5, 5.41) is 3.84. The first-order chi connectivity index (χ1) is 12.1. The van der Waals surface area contributed by atoms with Gasteiger partial charge >= 0.3 is 0 Å². The van der Waals surface area contributed by atoms with Crippen LogP contribution in [0.2, 0.25) is 0 Å². The maximum absolute atomic E-state index is 12.7. The molecule has 0 saturated heterocycles. The minimum Gasteiger partial charge on any atom is -0.478 e. The Kier molecular flexibility index (Phi) is 4.93. The second-order valence-corrected chi connectivity index (χ2v) is 5.95. The van der Waals surface area contributed by atoms with Crippen LogP contribution < -0.4 is 10.1 Å². The van der Waals surface area contributed by atoms with Gasteiger partial charge in [-0.05, 0) is 50.6 Å². The zero-order valence-electron chi connectivity index (χ0n) is 14.7. The lowest BCUT2D eigenvalue weighted by molar-refractivity contribution is 0.0952. The van der Waals surface area contributed by atoms with E-state index < -0.39 is 0 Å². The van der Waals surface area contributed by atoms with Gasteiger partial charge in [0.05, 0.1) is 17.7 Å². The number of pyridine rings is 2. The van der Waals surface area contributed by atoms with Crippen LogP contribution >= 0.6 is 0 Å². The first-order valence-electron chi connectivity index (χ1n) is 8.30. The summed E-state index contributed by atoms with van der Waals surface area (Å²) in [7, 11) is 0. The van der Waals surface area contributed by atoms with Crippen LogP contribution in [-0.4, -0.2) is 22.5 Å². The molecule has 0 fully saturated rings. The van der Waals surface area contributed by atoms with Gasteiger partial charge in [-0.15, -0.1) is 0 Å². The maximum atomic E-state index is 12.7. The van der Waals surface area contributed by atoms with Gasteiger partial charge in [0.1, 0.15) is 0 Å². The highest BCUT2D eigenvalue weighted by atomic mass is 16.5. The highest BCUT2D eigenvalue weighted by Crippen LogP contribution is 2.20. The topological polar surface area (TPSA) is 64.1 Å². The molecule has 0 saturated carbocycles. The van der Waals surface area contributed by atoms with Crippen molar-refractivity contribution in [1.82, 2.24) is 15.3 Å². The van der Waals surface area contributed by atoms with Crippen molar-refractivity contribution in [3.8, 4) is 5.88 Å². The second kappa shape index (κ2) is 7.30. The maximum Gasteiger partial charge on any atom is 0.252 e. The van der Waals surface area contributed by atoms with Gasteiger partial charge in [-0.2, -0.15) is 0 Å². The molecular weight excluding hydrogens is 314 g/mol. The summed E-state index contributed by atoms with van der Waals surface area (Å²) in [5.41, 5.74) is 4.34. The fourth-order valence-corrected chi connectivity index (χ4v) is 2.72. The molecule has 0 bridgehead atoms. The number of nitrogens with one attached hydrogen (secondary N) is 1. The van der Waals surface area contributed by atoms with E-state index in [4.69, 9.17) is 4.74 Å². The molecule has 1 amide bonds. The molecule has 3 rings (SSSR count). The van der Waals surface area contributed by atoms with Crippen molar-refractivity contribution >= 4 is 16.8 Å². The molecule has 2 heterocycles. The highest BCUT2D eigenvalue weighted by Gasteiger charge is 2.12. The zero-order chi connectivity index (χ0) is 17.8. The van der Waals surface area contributed by atoms with E-state index >= 15 is 0 Å². The van der Waals surface area contributed by atoms with Gasteiger partial charge in [-0.3, -0.25) is 9.78 Å². The number of benzene rings is 1. The average Bonchev–Trinajstić information content (AvgIpc) is 2.60. The molecule has 0 aliphatic heterocycles. The largest absolute Gasteiger partial charge is 0.478 e. The molecule has 5 nitrogen and oxygen atoms in total. The molecule has 0 atom stereocenters. The smallest absolute Gasteiger partial charge is 0.252 e. The Hall–Kier alpha value is -2.95. The Morgan fingerprint density at radius 2 is 2.00 bits per heavy atom. The quantitative estimate of drug-likeness (QED) is 0.774. The number of rotatable bonds is 5. The number of hydrogen-bond acceptors (Lipinski definition) is 4. The number of nitrogens with zero attached hydrogens (tertiary/aromatic N) is 2. The molecule has 2 aromatic heterocycles. The van der Waals surface area contributed by atoms with Crippen LogP contribution in [0, 0.1) is 13.8 Å². The molecule has 0 aliphatic rings. The van der Waals surface area contributed by atoms with Crippen LogP contribution in [-0.2, 0) is 6.54 Å². The van der Waals surface area contributed by atoms with Gasteiger partial charge < -0.3 is 10.1 Å². The Bertz CT molecular complexity index is 922. The molecule has 0 radical (unpaired) electrons. The molecule has 128 valence electrons. The third kappa shape index (κ3) is 3.94. The molecular formula is C20H21N3O2. The highest BCUT2D eigenvalue weighted by molar-refractivity contribution is 6.06. The number of carbonyl (C=O) groups is 1. The SMILES string of the molecule is CCOc1cc(CNC(=O)c2cc(C)nc3ccc(C)cc23)ccn1.